The maximum atomic E-state index is 11.6. The number of carbonyl (C=O) groups excluding carboxylic acids is 1. The lowest BCUT2D eigenvalue weighted by Crippen LogP contribution is -2.27. The Morgan fingerprint density at radius 1 is 1.40 bits per heavy atom. The molecule has 0 saturated carbocycles. The van der Waals surface area contributed by atoms with Gasteiger partial charge >= 0.3 is 0 Å². The van der Waals surface area contributed by atoms with Crippen LogP contribution >= 0.6 is 11.8 Å². The fourth-order valence-electron chi connectivity index (χ4n) is 1.62. The molecule has 4 nitrogen and oxygen atoms in total. The first-order valence-corrected chi connectivity index (χ1v) is 8.00. The molecule has 0 radical (unpaired) electrons. The Kier molecular flexibility index (Phi) is 8.14. The van der Waals surface area contributed by atoms with Gasteiger partial charge in [-0.2, -0.15) is 11.8 Å². The Labute approximate surface area is 125 Å². The van der Waals surface area contributed by atoms with Crippen LogP contribution in [-0.2, 0) is 11.2 Å². The van der Waals surface area contributed by atoms with E-state index in [0.29, 0.717) is 12.3 Å². The van der Waals surface area contributed by atoms with Gasteiger partial charge in [0.05, 0.1) is 12.9 Å². The summed E-state index contributed by atoms with van der Waals surface area (Å²) in [6, 6.07) is 8.10. The predicted octanol–water partition coefficient (Wildman–Crippen LogP) is 1.82. The minimum absolute atomic E-state index is 0.0909. The lowest BCUT2D eigenvalue weighted by Gasteiger charge is -2.07. The second-order valence-corrected chi connectivity index (χ2v) is 5.87. The van der Waals surface area contributed by atoms with E-state index in [1.807, 2.05) is 31.2 Å². The molecule has 0 aliphatic rings. The summed E-state index contributed by atoms with van der Waals surface area (Å²) in [6.45, 7) is 2.65. The highest BCUT2D eigenvalue weighted by atomic mass is 32.2. The van der Waals surface area contributed by atoms with Crippen LogP contribution < -0.4 is 15.8 Å². The van der Waals surface area contributed by atoms with Crippen LogP contribution in [0.1, 0.15) is 18.9 Å². The van der Waals surface area contributed by atoms with Gasteiger partial charge < -0.3 is 15.8 Å². The summed E-state index contributed by atoms with van der Waals surface area (Å²) < 4.78 is 5.10. The Morgan fingerprint density at radius 3 is 2.70 bits per heavy atom. The lowest BCUT2D eigenvalue weighted by atomic mass is 10.1. The van der Waals surface area contributed by atoms with Gasteiger partial charge in [-0.3, -0.25) is 4.79 Å². The molecule has 112 valence electrons. The fourth-order valence-corrected chi connectivity index (χ4v) is 2.59. The Morgan fingerprint density at radius 2 is 2.10 bits per heavy atom. The van der Waals surface area contributed by atoms with Crippen LogP contribution in [-0.4, -0.2) is 37.1 Å². The molecular formula is C15H24N2O2S. The molecule has 0 fully saturated rings. The molecule has 3 N–H and O–H groups in total. The van der Waals surface area contributed by atoms with E-state index >= 15 is 0 Å². The van der Waals surface area contributed by atoms with Crippen molar-refractivity contribution in [1.29, 1.82) is 0 Å². The zero-order chi connectivity index (χ0) is 14.8. The average Bonchev–Trinajstić information content (AvgIpc) is 2.44. The number of hydrogen-bond acceptors (Lipinski definition) is 4. The quantitative estimate of drug-likeness (QED) is 0.682. The summed E-state index contributed by atoms with van der Waals surface area (Å²) in [6.07, 6.45) is 1.78. The van der Waals surface area contributed by atoms with E-state index in [-0.39, 0.29) is 11.9 Å². The first-order valence-electron chi connectivity index (χ1n) is 6.84. The molecule has 1 unspecified atom stereocenters. The van der Waals surface area contributed by atoms with Gasteiger partial charge in [0.2, 0.25) is 5.91 Å². The summed E-state index contributed by atoms with van der Waals surface area (Å²) in [7, 11) is 1.65. The number of benzene rings is 1. The summed E-state index contributed by atoms with van der Waals surface area (Å²) in [5.41, 5.74) is 6.84. The maximum Gasteiger partial charge on any atom is 0.230 e. The van der Waals surface area contributed by atoms with E-state index in [2.05, 4.69) is 5.32 Å². The van der Waals surface area contributed by atoms with E-state index in [1.54, 1.807) is 18.9 Å². The van der Waals surface area contributed by atoms with E-state index < -0.39 is 0 Å². The third-order valence-electron chi connectivity index (χ3n) is 2.85. The SMILES string of the molecule is COc1ccc(CCNC(=O)CSCCC(C)N)cc1. The largest absolute Gasteiger partial charge is 0.497 e. The number of hydrogen-bond donors (Lipinski definition) is 2. The highest BCUT2D eigenvalue weighted by molar-refractivity contribution is 7.99. The number of methoxy groups -OCH3 is 1. The fraction of sp³-hybridized carbons (Fsp3) is 0.533. The normalized spacial score (nSPS) is 11.9. The second-order valence-electron chi connectivity index (χ2n) is 4.77. The number of thioether (sulfide) groups is 1. The van der Waals surface area contributed by atoms with Crippen molar-refractivity contribution in [2.24, 2.45) is 5.73 Å². The number of ether oxygens (including phenoxy) is 1. The Hall–Kier alpha value is -1.20. The molecule has 0 spiro atoms. The zero-order valence-corrected chi connectivity index (χ0v) is 13.0. The molecule has 0 aliphatic carbocycles. The molecule has 0 aliphatic heterocycles. The van der Waals surface area contributed by atoms with Crippen molar-refractivity contribution in [3.63, 3.8) is 0 Å². The number of carbonyl (C=O) groups is 1. The van der Waals surface area contributed by atoms with Crippen molar-refractivity contribution in [1.82, 2.24) is 5.32 Å². The van der Waals surface area contributed by atoms with Crippen LogP contribution in [0.15, 0.2) is 24.3 Å². The highest BCUT2D eigenvalue weighted by Crippen LogP contribution is 2.11. The average molecular weight is 296 g/mol. The van der Waals surface area contributed by atoms with Crippen molar-refractivity contribution in [3.05, 3.63) is 29.8 Å². The minimum Gasteiger partial charge on any atom is -0.497 e. The third kappa shape index (κ3) is 7.40. The van der Waals surface area contributed by atoms with Crippen LogP contribution in [0.25, 0.3) is 0 Å². The summed E-state index contributed by atoms with van der Waals surface area (Å²) in [5.74, 6) is 2.38. The molecule has 0 aromatic heterocycles. The molecule has 0 bridgehead atoms. The van der Waals surface area contributed by atoms with Crippen molar-refractivity contribution in [2.75, 3.05) is 25.2 Å². The van der Waals surface area contributed by atoms with Crippen LogP contribution in [0.5, 0.6) is 5.75 Å². The van der Waals surface area contributed by atoms with Gasteiger partial charge in [0.1, 0.15) is 5.75 Å². The molecular weight excluding hydrogens is 272 g/mol. The third-order valence-corrected chi connectivity index (χ3v) is 3.84. The monoisotopic (exact) mass is 296 g/mol. The summed E-state index contributed by atoms with van der Waals surface area (Å²) in [4.78, 5) is 11.6. The predicted molar refractivity (Wildman–Crippen MR) is 85.3 cm³/mol. The van der Waals surface area contributed by atoms with E-state index in [4.69, 9.17) is 10.5 Å². The maximum absolute atomic E-state index is 11.6. The Balaban J connectivity index is 2.11. The lowest BCUT2D eigenvalue weighted by molar-refractivity contribution is -0.118. The summed E-state index contributed by atoms with van der Waals surface area (Å²) >= 11 is 1.63. The highest BCUT2D eigenvalue weighted by Gasteiger charge is 2.02. The van der Waals surface area contributed by atoms with Gasteiger partial charge in [0.25, 0.3) is 0 Å². The van der Waals surface area contributed by atoms with Crippen molar-refractivity contribution in [2.45, 2.75) is 25.8 Å². The van der Waals surface area contributed by atoms with Crippen LogP contribution in [0.2, 0.25) is 0 Å². The van der Waals surface area contributed by atoms with E-state index in [1.165, 1.54) is 5.56 Å². The van der Waals surface area contributed by atoms with Gasteiger partial charge in [-0.15, -0.1) is 0 Å². The molecule has 1 amide bonds. The minimum atomic E-state index is 0.0909. The van der Waals surface area contributed by atoms with Crippen LogP contribution in [0.3, 0.4) is 0 Å². The molecule has 0 heterocycles. The van der Waals surface area contributed by atoms with Gasteiger partial charge in [-0.1, -0.05) is 12.1 Å². The molecule has 1 atom stereocenters. The summed E-state index contributed by atoms with van der Waals surface area (Å²) in [5, 5.41) is 2.93. The van der Waals surface area contributed by atoms with Crippen molar-refractivity contribution >= 4 is 17.7 Å². The molecule has 20 heavy (non-hydrogen) atoms. The van der Waals surface area contributed by atoms with Gasteiger partial charge in [-0.25, -0.2) is 0 Å². The van der Waals surface area contributed by atoms with Crippen LogP contribution in [0.4, 0.5) is 0 Å². The molecule has 5 heteroatoms. The molecule has 0 saturated heterocycles. The standard InChI is InChI=1S/C15H24N2O2S/c1-12(16)8-10-20-11-15(18)17-9-7-13-3-5-14(19-2)6-4-13/h3-6,12H,7-11,16H2,1-2H3,(H,17,18). The number of nitrogens with two attached hydrogens (primary N) is 1. The smallest absolute Gasteiger partial charge is 0.230 e. The topological polar surface area (TPSA) is 64.3 Å². The second kappa shape index (κ2) is 9.66. The van der Waals surface area contributed by atoms with E-state index in [9.17, 15) is 4.79 Å². The molecule has 1 aromatic carbocycles. The van der Waals surface area contributed by atoms with Gasteiger partial charge in [-0.05, 0) is 43.2 Å². The zero-order valence-electron chi connectivity index (χ0n) is 12.2. The van der Waals surface area contributed by atoms with Gasteiger partial charge in [0.15, 0.2) is 0 Å². The van der Waals surface area contributed by atoms with Crippen molar-refractivity contribution < 1.29 is 9.53 Å². The number of nitrogens with one attached hydrogen (secondary N) is 1. The van der Waals surface area contributed by atoms with Gasteiger partial charge in [0, 0.05) is 12.6 Å². The van der Waals surface area contributed by atoms with Crippen molar-refractivity contribution in [3.8, 4) is 5.75 Å². The number of rotatable bonds is 9. The Bertz CT molecular complexity index is 393. The van der Waals surface area contributed by atoms with Crippen LogP contribution in [0, 0.1) is 0 Å². The van der Waals surface area contributed by atoms with E-state index in [0.717, 1.165) is 24.3 Å². The molecule has 1 aromatic rings. The molecule has 1 rings (SSSR count). The number of amides is 1. The first kappa shape index (κ1) is 16.9. The first-order chi connectivity index (χ1) is 9.61.